The summed E-state index contributed by atoms with van der Waals surface area (Å²) in [5, 5.41) is 15.1. The van der Waals surface area contributed by atoms with Crippen LogP contribution in [0, 0.1) is 12.8 Å². The van der Waals surface area contributed by atoms with Gasteiger partial charge in [-0.1, -0.05) is 18.6 Å². The zero-order valence-electron chi connectivity index (χ0n) is 15.4. The first kappa shape index (κ1) is 17.2. The number of fused-ring (bicyclic) bond motifs is 1. The maximum absolute atomic E-state index is 12.2. The molecule has 26 heavy (non-hydrogen) atoms. The van der Waals surface area contributed by atoms with Gasteiger partial charge in [-0.05, 0) is 56.7 Å². The number of benzene rings is 1. The molecule has 0 bridgehead atoms. The van der Waals surface area contributed by atoms with Crippen molar-refractivity contribution in [2.24, 2.45) is 5.92 Å². The van der Waals surface area contributed by atoms with Crippen molar-refractivity contribution in [1.29, 1.82) is 0 Å². The average Bonchev–Trinajstić information content (AvgIpc) is 3.41. The minimum Gasteiger partial charge on any atom is -0.325 e. The summed E-state index contributed by atoms with van der Waals surface area (Å²) in [7, 11) is 0. The predicted octanol–water partition coefficient (Wildman–Crippen LogP) is 2.92. The van der Waals surface area contributed by atoms with Crippen molar-refractivity contribution in [3.8, 4) is 11.4 Å². The molecule has 1 saturated carbocycles. The molecule has 2 N–H and O–H groups in total. The molecule has 1 aromatic carbocycles. The molecule has 6 nitrogen and oxygen atoms in total. The Hall–Kier alpha value is -2.21. The largest absolute Gasteiger partial charge is 0.325 e. The van der Waals surface area contributed by atoms with E-state index in [0.717, 1.165) is 53.9 Å². The summed E-state index contributed by atoms with van der Waals surface area (Å²) in [6.07, 6.45) is 7.17. The Labute approximate surface area is 154 Å². The van der Waals surface area contributed by atoms with E-state index in [1.807, 2.05) is 19.1 Å². The van der Waals surface area contributed by atoms with Gasteiger partial charge in [-0.3, -0.25) is 4.79 Å². The molecule has 0 atom stereocenters. The van der Waals surface area contributed by atoms with Crippen LogP contribution in [0.2, 0.25) is 0 Å². The van der Waals surface area contributed by atoms with Crippen molar-refractivity contribution in [3.63, 3.8) is 0 Å². The first-order valence-corrected chi connectivity index (χ1v) is 9.74. The third kappa shape index (κ3) is 3.96. The number of nitrogens with zero attached hydrogens (tertiary/aromatic N) is 3. The first-order chi connectivity index (χ1) is 12.7. The van der Waals surface area contributed by atoms with Gasteiger partial charge < -0.3 is 15.2 Å². The lowest BCUT2D eigenvalue weighted by Gasteiger charge is -2.12. The predicted molar refractivity (Wildman–Crippen MR) is 102 cm³/mol. The molecule has 1 aliphatic heterocycles. The lowest BCUT2D eigenvalue weighted by molar-refractivity contribution is -0.115. The Bertz CT molecular complexity index is 793. The Morgan fingerprint density at radius 1 is 1.23 bits per heavy atom. The van der Waals surface area contributed by atoms with Gasteiger partial charge in [-0.2, -0.15) is 0 Å². The molecule has 4 rings (SSSR count). The van der Waals surface area contributed by atoms with Gasteiger partial charge >= 0.3 is 0 Å². The van der Waals surface area contributed by atoms with E-state index >= 15 is 0 Å². The third-order valence-electron chi connectivity index (χ3n) is 5.29. The summed E-state index contributed by atoms with van der Waals surface area (Å²) in [5.41, 5.74) is 2.92. The maximum Gasteiger partial charge on any atom is 0.238 e. The second-order valence-corrected chi connectivity index (χ2v) is 7.55. The number of hydrogen-bond donors (Lipinski definition) is 2. The molecular weight excluding hydrogens is 326 g/mol. The number of hydrogen-bond acceptors (Lipinski definition) is 4. The summed E-state index contributed by atoms with van der Waals surface area (Å²) in [6, 6.07) is 6.13. The van der Waals surface area contributed by atoms with Crippen LogP contribution in [0.3, 0.4) is 0 Å². The van der Waals surface area contributed by atoms with E-state index in [9.17, 15) is 4.79 Å². The van der Waals surface area contributed by atoms with Crippen molar-refractivity contribution >= 4 is 11.6 Å². The lowest BCUT2D eigenvalue weighted by Crippen LogP contribution is -2.29. The lowest BCUT2D eigenvalue weighted by atomic mass is 10.1. The Morgan fingerprint density at radius 2 is 2.12 bits per heavy atom. The molecule has 2 heterocycles. The van der Waals surface area contributed by atoms with Crippen LogP contribution in [-0.2, 0) is 17.8 Å². The number of anilines is 1. The van der Waals surface area contributed by atoms with Crippen LogP contribution in [0.15, 0.2) is 18.2 Å². The quantitative estimate of drug-likeness (QED) is 0.838. The number of carbonyl (C=O) groups excluding carboxylic acids is 1. The van der Waals surface area contributed by atoms with Gasteiger partial charge in [0.1, 0.15) is 5.82 Å². The fourth-order valence-corrected chi connectivity index (χ4v) is 3.50. The van der Waals surface area contributed by atoms with E-state index in [4.69, 9.17) is 0 Å². The van der Waals surface area contributed by atoms with Crippen molar-refractivity contribution in [2.75, 3.05) is 18.4 Å². The van der Waals surface area contributed by atoms with Crippen molar-refractivity contribution in [2.45, 2.75) is 52.0 Å². The van der Waals surface area contributed by atoms with E-state index in [2.05, 4.69) is 31.5 Å². The number of carbonyl (C=O) groups is 1. The van der Waals surface area contributed by atoms with E-state index in [1.54, 1.807) is 0 Å². The van der Waals surface area contributed by atoms with Gasteiger partial charge in [0.15, 0.2) is 5.82 Å². The topological polar surface area (TPSA) is 71.8 Å². The summed E-state index contributed by atoms with van der Waals surface area (Å²) < 4.78 is 2.24. The number of aromatic nitrogens is 3. The molecule has 0 radical (unpaired) electrons. The van der Waals surface area contributed by atoms with Crippen molar-refractivity contribution in [1.82, 2.24) is 20.1 Å². The van der Waals surface area contributed by atoms with Gasteiger partial charge in [0, 0.05) is 24.2 Å². The zero-order valence-corrected chi connectivity index (χ0v) is 15.4. The van der Waals surface area contributed by atoms with Crippen molar-refractivity contribution in [3.05, 3.63) is 29.6 Å². The molecule has 2 aromatic rings. The highest BCUT2D eigenvalue weighted by Crippen LogP contribution is 2.28. The molecule has 2 aliphatic rings. The van der Waals surface area contributed by atoms with Crippen molar-refractivity contribution < 1.29 is 4.79 Å². The smallest absolute Gasteiger partial charge is 0.238 e. The van der Waals surface area contributed by atoms with E-state index in [1.165, 1.54) is 32.1 Å². The third-order valence-corrected chi connectivity index (χ3v) is 5.29. The summed E-state index contributed by atoms with van der Waals surface area (Å²) >= 11 is 0. The van der Waals surface area contributed by atoms with Gasteiger partial charge in [-0.15, -0.1) is 10.2 Å². The Kier molecular flexibility index (Phi) is 5.02. The molecule has 0 unspecified atom stereocenters. The first-order valence-electron chi connectivity index (χ1n) is 9.74. The second-order valence-electron chi connectivity index (χ2n) is 7.55. The highest BCUT2D eigenvalue weighted by Gasteiger charge is 2.21. The van der Waals surface area contributed by atoms with Crippen LogP contribution >= 0.6 is 0 Å². The molecule has 0 saturated heterocycles. The normalized spacial score (nSPS) is 16.8. The van der Waals surface area contributed by atoms with Crippen LogP contribution < -0.4 is 10.6 Å². The fourth-order valence-electron chi connectivity index (χ4n) is 3.50. The summed E-state index contributed by atoms with van der Waals surface area (Å²) in [6.45, 7) is 4.29. The molecule has 0 spiro atoms. The van der Waals surface area contributed by atoms with Crippen LogP contribution in [0.1, 0.15) is 43.5 Å². The fraction of sp³-hybridized carbons (Fsp3) is 0.550. The number of nitrogens with one attached hydrogen (secondary N) is 2. The molecule has 1 aromatic heterocycles. The Balaban J connectivity index is 1.49. The summed E-state index contributed by atoms with van der Waals surface area (Å²) in [5.74, 6) is 2.76. The van der Waals surface area contributed by atoms with Gasteiger partial charge in [0.25, 0.3) is 0 Å². The number of aryl methyl sites for hydroxylation is 2. The standard InChI is InChI=1S/C20H27N5O/c1-14-6-9-16(20-24-23-18-5-3-2-4-10-25(18)20)11-17(14)22-19(26)13-21-12-15-7-8-15/h6,9,11,15,21H,2-5,7-8,10,12-13H2,1H3,(H,22,26). The highest BCUT2D eigenvalue weighted by atomic mass is 16.1. The van der Waals surface area contributed by atoms with E-state index in [-0.39, 0.29) is 5.91 Å². The van der Waals surface area contributed by atoms with Crippen LogP contribution in [0.25, 0.3) is 11.4 Å². The minimum atomic E-state index is 0.00553. The molecule has 1 amide bonds. The molecule has 6 heteroatoms. The molecule has 1 fully saturated rings. The van der Waals surface area contributed by atoms with Crippen LogP contribution in [-0.4, -0.2) is 33.8 Å². The molecular formula is C20H27N5O. The van der Waals surface area contributed by atoms with E-state index in [0.29, 0.717) is 6.54 Å². The van der Waals surface area contributed by atoms with Crippen LogP contribution in [0.4, 0.5) is 5.69 Å². The molecule has 1 aliphatic carbocycles. The average molecular weight is 353 g/mol. The molecule has 138 valence electrons. The second kappa shape index (κ2) is 7.58. The number of rotatable bonds is 6. The summed E-state index contributed by atoms with van der Waals surface area (Å²) in [4.78, 5) is 12.2. The maximum atomic E-state index is 12.2. The monoisotopic (exact) mass is 353 g/mol. The number of amides is 1. The van der Waals surface area contributed by atoms with Crippen LogP contribution in [0.5, 0.6) is 0 Å². The zero-order chi connectivity index (χ0) is 17.9. The Morgan fingerprint density at radius 3 is 2.96 bits per heavy atom. The van der Waals surface area contributed by atoms with E-state index < -0.39 is 0 Å². The van der Waals surface area contributed by atoms with Gasteiger partial charge in [0.05, 0.1) is 6.54 Å². The van der Waals surface area contributed by atoms with Gasteiger partial charge in [-0.25, -0.2) is 0 Å². The highest BCUT2D eigenvalue weighted by molar-refractivity contribution is 5.93. The van der Waals surface area contributed by atoms with Gasteiger partial charge in [0.2, 0.25) is 5.91 Å². The minimum absolute atomic E-state index is 0.00553. The SMILES string of the molecule is Cc1ccc(-c2nnc3n2CCCCC3)cc1NC(=O)CNCC1CC1.